The number of carbonyl (C=O) groups excluding carboxylic acids is 2. The van der Waals surface area contributed by atoms with Gasteiger partial charge in [0.15, 0.2) is 6.61 Å². The van der Waals surface area contributed by atoms with Gasteiger partial charge in [-0.1, -0.05) is 30.3 Å². The van der Waals surface area contributed by atoms with Gasteiger partial charge in [-0.05, 0) is 55.3 Å². The average molecular weight is 390 g/mol. The Balaban J connectivity index is 1.59. The second-order valence-electron chi connectivity index (χ2n) is 6.66. The van der Waals surface area contributed by atoms with Gasteiger partial charge in [0, 0.05) is 17.3 Å². The Morgan fingerprint density at radius 3 is 2.41 bits per heavy atom. The van der Waals surface area contributed by atoms with Crippen molar-refractivity contribution in [3.63, 3.8) is 0 Å². The fraction of sp³-hybridized carbons (Fsp3) is 0.130. The molecule has 3 aromatic rings. The monoisotopic (exact) mass is 390 g/mol. The van der Waals surface area contributed by atoms with E-state index in [4.69, 9.17) is 4.74 Å². The quantitative estimate of drug-likeness (QED) is 0.548. The number of carbonyl (C=O) groups is 2. The number of phenolic OH excluding ortho intramolecular Hbond substituents is 1. The van der Waals surface area contributed by atoms with Gasteiger partial charge in [0.05, 0.1) is 5.69 Å². The third kappa shape index (κ3) is 5.35. The molecule has 3 N–H and O–H groups in total. The summed E-state index contributed by atoms with van der Waals surface area (Å²) in [7, 11) is 0. The first kappa shape index (κ1) is 19.9. The fourth-order valence-electron chi connectivity index (χ4n) is 2.70. The van der Waals surface area contributed by atoms with Crippen molar-refractivity contribution in [3.8, 4) is 11.5 Å². The molecular weight excluding hydrogens is 368 g/mol. The van der Waals surface area contributed by atoms with E-state index < -0.39 is 0 Å². The topological polar surface area (TPSA) is 87.7 Å². The minimum Gasteiger partial charge on any atom is -0.506 e. The summed E-state index contributed by atoms with van der Waals surface area (Å²) in [6, 6.07) is 19.0. The maximum absolute atomic E-state index is 12.2. The molecule has 0 aliphatic rings. The van der Waals surface area contributed by atoms with Crippen LogP contribution in [0.25, 0.3) is 0 Å². The molecule has 3 aromatic carbocycles. The lowest BCUT2D eigenvalue weighted by Crippen LogP contribution is -2.20. The van der Waals surface area contributed by atoms with Gasteiger partial charge in [0.1, 0.15) is 11.5 Å². The Labute approximate surface area is 169 Å². The summed E-state index contributed by atoms with van der Waals surface area (Å²) in [5.74, 6) is -0.185. The van der Waals surface area contributed by atoms with Gasteiger partial charge in [-0.2, -0.15) is 0 Å². The Hall–Kier alpha value is -3.80. The number of nitrogens with one attached hydrogen (secondary N) is 2. The number of benzene rings is 3. The molecular formula is C23H22N2O4. The van der Waals surface area contributed by atoms with Gasteiger partial charge in [0.2, 0.25) is 0 Å². The van der Waals surface area contributed by atoms with Crippen molar-refractivity contribution >= 4 is 23.2 Å². The minimum absolute atomic E-state index is 0.150. The number of aromatic hydroxyl groups is 1. The molecule has 0 radical (unpaired) electrons. The molecule has 0 saturated heterocycles. The van der Waals surface area contributed by atoms with E-state index in [1.807, 2.05) is 38.1 Å². The number of phenols is 1. The van der Waals surface area contributed by atoms with Crippen molar-refractivity contribution < 1.29 is 19.4 Å². The van der Waals surface area contributed by atoms with Crippen LogP contribution >= 0.6 is 0 Å². The van der Waals surface area contributed by atoms with Gasteiger partial charge < -0.3 is 20.5 Å². The standard InChI is InChI=1S/C23H22N2O4/c1-15-8-9-16(2)21(12-15)29-14-22(27)24-18-10-11-19(20(26)13-18)25-23(28)17-6-4-3-5-7-17/h3-13,26H,14H2,1-2H3,(H,24,27)(H,25,28). The van der Waals surface area contributed by atoms with Gasteiger partial charge >= 0.3 is 0 Å². The predicted molar refractivity (Wildman–Crippen MR) is 113 cm³/mol. The number of ether oxygens (including phenoxy) is 1. The zero-order chi connectivity index (χ0) is 20.8. The second kappa shape index (κ2) is 8.93. The lowest BCUT2D eigenvalue weighted by molar-refractivity contribution is -0.118. The highest BCUT2D eigenvalue weighted by molar-refractivity contribution is 6.05. The first-order valence-corrected chi connectivity index (χ1v) is 9.11. The lowest BCUT2D eigenvalue weighted by atomic mass is 10.1. The van der Waals surface area contributed by atoms with E-state index in [0.29, 0.717) is 17.0 Å². The van der Waals surface area contributed by atoms with Gasteiger partial charge in [-0.3, -0.25) is 9.59 Å². The minimum atomic E-state index is -0.355. The average Bonchev–Trinajstić information content (AvgIpc) is 2.71. The largest absolute Gasteiger partial charge is 0.506 e. The number of aryl methyl sites for hydroxylation is 2. The van der Waals surface area contributed by atoms with E-state index >= 15 is 0 Å². The highest BCUT2D eigenvalue weighted by Gasteiger charge is 2.11. The molecule has 0 atom stereocenters. The molecule has 0 spiro atoms. The SMILES string of the molecule is Cc1ccc(C)c(OCC(=O)Nc2ccc(NC(=O)c3ccccc3)c(O)c2)c1. The fourth-order valence-corrected chi connectivity index (χ4v) is 2.70. The van der Waals surface area contributed by atoms with Gasteiger partial charge in [0.25, 0.3) is 11.8 Å². The Morgan fingerprint density at radius 2 is 1.69 bits per heavy atom. The lowest BCUT2D eigenvalue weighted by Gasteiger charge is -2.12. The zero-order valence-electron chi connectivity index (χ0n) is 16.2. The summed E-state index contributed by atoms with van der Waals surface area (Å²) in [6.45, 7) is 3.71. The Bertz CT molecular complexity index is 1030. The smallest absolute Gasteiger partial charge is 0.262 e. The van der Waals surface area contributed by atoms with Crippen molar-refractivity contribution in [2.75, 3.05) is 17.2 Å². The van der Waals surface area contributed by atoms with Crippen LogP contribution in [-0.4, -0.2) is 23.5 Å². The third-order valence-electron chi connectivity index (χ3n) is 4.27. The molecule has 0 aromatic heterocycles. The van der Waals surface area contributed by atoms with E-state index in [2.05, 4.69) is 10.6 Å². The summed E-state index contributed by atoms with van der Waals surface area (Å²) in [5, 5.41) is 15.5. The molecule has 29 heavy (non-hydrogen) atoms. The van der Waals surface area contributed by atoms with Crippen LogP contribution in [0.1, 0.15) is 21.5 Å². The van der Waals surface area contributed by atoms with Gasteiger partial charge in [-0.15, -0.1) is 0 Å². The first-order valence-electron chi connectivity index (χ1n) is 9.11. The Morgan fingerprint density at radius 1 is 0.931 bits per heavy atom. The molecule has 0 fully saturated rings. The number of anilines is 2. The highest BCUT2D eigenvalue weighted by Crippen LogP contribution is 2.27. The van der Waals surface area contributed by atoms with Crippen molar-refractivity contribution in [3.05, 3.63) is 83.4 Å². The molecule has 0 heterocycles. The van der Waals surface area contributed by atoms with Crippen molar-refractivity contribution in [1.29, 1.82) is 0 Å². The maximum Gasteiger partial charge on any atom is 0.262 e. The number of hydrogen-bond acceptors (Lipinski definition) is 4. The molecule has 0 unspecified atom stereocenters. The third-order valence-corrected chi connectivity index (χ3v) is 4.27. The van der Waals surface area contributed by atoms with E-state index in [1.165, 1.54) is 12.1 Å². The number of rotatable bonds is 6. The molecule has 148 valence electrons. The number of hydrogen-bond donors (Lipinski definition) is 3. The first-order chi connectivity index (χ1) is 13.9. The van der Waals surface area contributed by atoms with Crippen LogP contribution in [0.3, 0.4) is 0 Å². The summed E-state index contributed by atoms with van der Waals surface area (Å²) in [5.41, 5.74) is 3.12. The predicted octanol–water partition coefficient (Wildman–Crippen LogP) is 4.28. The van der Waals surface area contributed by atoms with Gasteiger partial charge in [-0.25, -0.2) is 0 Å². The van der Waals surface area contributed by atoms with Crippen LogP contribution in [-0.2, 0) is 4.79 Å². The van der Waals surface area contributed by atoms with E-state index in [-0.39, 0.29) is 29.9 Å². The van der Waals surface area contributed by atoms with Crippen LogP contribution in [0, 0.1) is 13.8 Å². The molecule has 3 rings (SSSR count). The summed E-state index contributed by atoms with van der Waals surface area (Å²) in [6.07, 6.45) is 0. The van der Waals surface area contributed by atoms with Crippen molar-refractivity contribution in [2.24, 2.45) is 0 Å². The van der Waals surface area contributed by atoms with Crippen molar-refractivity contribution in [2.45, 2.75) is 13.8 Å². The molecule has 6 heteroatoms. The summed E-state index contributed by atoms with van der Waals surface area (Å²) in [4.78, 5) is 24.3. The van der Waals surface area contributed by atoms with Crippen LogP contribution in [0.15, 0.2) is 66.7 Å². The molecule has 0 aliphatic carbocycles. The zero-order valence-corrected chi connectivity index (χ0v) is 16.2. The molecule has 0 saturated carbocycles. The van der Waals surface area contributed by atoms with Crippen LogP contribution in [0.5, 0.6) is 11.5 Å². The van der Waals surface area contributed by atoms with Crippen LogP contribution in [0.4, 0.5) is 11.4 Å². The van der Waals surface area contributed by atoms with E-state index in [1.54, 1.807) is 30.3 Å². The second-order valence-corrected chi connectivity index (χ2v) is 6.66. The van der Waals surface area contributed by atoms with E-state index in [9.17, 15) is 14.7 Å². The highest BCUT2D eigenvalue weighted by atomic mass is 16.5. The molecule has 0 bridgehead atoms. The Kier molecular flexibility index (Phi) is 6.14. The molecule has 6 nitrogen and oxygen atoms in total. The summed E-state index contributed by atoms with van der Waals surface area (Å²) >= 11 is 0. The van der Waals surface area contributed by atoms with Crippen LogP contribution in [0.2, 0.25) is 0 Å². The maximum atomic E-state index is 12.2. The van der Waals surface area contributed by atoms with Crippen LogP contribution < -0.4 is 15.4 Å². The van der Waals surface area contributed by atoms with E-state index in [0.717, 1.165) is 11.1 Å². The summed E-state index contributed by atoms with van der Waals surface area (Å²) < 4.78 is 5.58. The molecule has 0 aliphatic heterocycles. The number of amides is 2. The molecule has 2 amide bonds. The van der Waals surface area contributed by atoms with Crippen molar-refractivity contribution in [1.82, 2.24) is 0 Å². The normalized spacial score (nSPS) is 10.3.